The number of esters is 1. The van der Waals surface area contributed by atoms with Crippen molar-refractivity contribution in [3.63, 3.8) is 0 Å². The molecule has 0 aliphatic heterocycles. The first-order chi connectivity index (χ1) is 7.71. The molecule has 0 aliphatic rings. The number of carbonyl (C=O) groups excluding carboxylic acids is 1. The largest absolute Gasteiger partial charge is 0.465 e. The van der Waals surface area contributed by atoms with Crippen molar-refractivity contribution in [2.45, 2.75) is 19.4 Å². The minimum atomic E-state index is -0.356. The fourth-order valence-electron chi connectivity index (χ4n) is 1.17. The normalized spacial score (nSPS) is 12.2. The van der Waals surface area contributed by atoms with Crippen LogP contribution in [0.25, 0.3) is 0 Å². The Morgan fingerprint density at radius 1 is 1.62 bits per heavy atom. The van der Waals surface area contributed by atoms with E-state index >= 15 is 0 Å². The van der Waals surface area contributed by atoms with Gasteiger partial charge in [-0.1, -0.05) is 18.3 Å². The summed E-state index contributed by atoms with van der Waals surface area (Å²) in [4.78, 5) is 15.8. The molecule has 1 heterocycles. The smallest absolute Gasteiger partial charge is 0.349 e. The van der Waals surface area contributed by atoms with Crippen LogP contribution in [0.3, 0.4) is 0 Å². The zero-order chi connectivity index (χ0) is 12.0. The second-order valence-corrected chi connectivity index (χ2v) is 4.26. The maximum atomic E-state index is 11.2. The standard InChI is InChI=1S/C10H16N2O3S/c1-4-7(6-14-2)12-10-11-5-8(16-10)9(13)15-3/h5,7H,4,6H2,1-3H3,(H,11,12). The van der Waals surface area contributed by atoms with Crippen LogP contribution in [0.2, 0.25) is 0 Å². The van der Waals surface area contributed by atoms with E-state index in [0.29, 0.717) is 16.6 Å². The van der Waals surface area contributed by atoms with Crippen molar-refractivity contribution in [3.8, 4) is 0 Å². The lowest BCUT2D eigenvalue weighted by atomic mass is 10.2. The highest BCUT2D eigenvalue weighted by molar-refractivity contribution is 7.17. The summed E-state index contributed by atoms with van der Waals surface area (Å²) in [7, 11) is 3.01. The predicted octanol–water partition coefficient (Wildman–Crippen LogP) is 1.77. The number of thiazole rings is 1. The van der Waals surface area contributed by atoms with Crippen LogP contribution in [0.15, 0.2) is 6.20 Å². The van der Waals surface area contributed by atoms with E-state index in [2.05, 4.69) is 22.0 Å². The van der Waals surface area contributed by atoms with Gasteiger partial charge in [0.25, 0.3) is 0 Å². The number of nitrogens with one attached hydrogen (secondary N) is 1. The molecule has 1 atom stereocenters. The fraction of sp³-hybridized carbons (Fsp3) is 0.600. The monoisotopic (exact) mass is 244 g/mol. The molecule has 6 heteroatoms. The topological polar surface area (TPSA) is 60.5 Å². The van der Waals surface area contributed by atoms with Crippen molar-refractivity contribution >= 4 is 22.4 Å². The zero-order valence-corrected chi connectivity index (χ0v) is 10.5. The van der Waals surface area contributed by atoms with E-state index < -0.39 is 0 Å². The second-order valence-electron chi connectivity index (χ2n) is 3.23. The fourth-order valence-corrected chi connectivity index (χ4v) is 1.98. The summed E-state index contributed by atoms with van der Waals surface area (Å²) < 4.78 is 9.67. The number of carbonyl (C=O) groups is 1. The number of rotatable bonds is 6. The third-order valence-electron chi connectivity index (χ3n) is 2.08. The van der Waals surface area contributed by atoms with E-state index in [1.165, 1.54) is 24.6 Å². The molecule has 5 nitrogen and oxygen atoms in total. The third kappa shape index (κ3) is 3.46. The number of hydrogen-bond donors (Lipinski definition) is 1. The van der Waals surface area contributed by atoms with Crippen molar-refractivity contribution in [2.24, 2.45) is 0 Å². The highest BCUT2D eigenvalue weighted by atomic mass is 32.1. The van der Waals surface area contributed by atoms with Crippen molar-refractivity contribution in [2.75, 3.05) is 26.1 Å². The van der Waals surface area contributed by atoms with E-state index in [4.69, 9.17) is 4.74 Å². The average Bonchev–Trinajstić information content (AvgIpc) is 2.76. The van der Waals surface area contributed by atoms with Gasteiger partial charge in [-0.25, -0.2) is 9.78 Å². The van der Waals surface area contributed by atoms with Gasteiger partial charge in [-0.15, -0.1) is 0 Å². The zero-order valence-electron chi connectivity index (χ0n) is 9.65. The van der Waals surface area contributed by atoms with Crippen LogP contribution in [-0.2, 0) is 9.47 Å². The Bertz CT molecular complexity index is 341. The van der Waals surface area contributed by atoms with Crippen LogP contribution in [0.1, 0.15) is 23.0 Å². The molecule has 0 aliphatic carbocycles. The van der Waals surface area contributed by atoms with E-state index in [-0.39, 0.29) is 12.0 Å². The molecule has 0 bridgehead atoms. The summed E-state index contributed by atoms with van der Waals surface area (Å²) in [5.41, 5.74) is 0. The molecule has 0 amide bonds. The molecule has 0 saturated heterocycles. The Balaban J connectivity index is 2.60. The Morgan fingerprint density at radius 2 is 2.38 bits per heavy atom. The van der Waals surface area contributed by atoms with Gasteiger partial charge in [-0.05, 0) is 6.42 Å². The predicted molar refractivity (Wildman–Crippen MR) is 63.0 cm³/mol. The quantitative estimate of drug-likeness (QED) is 0.773. The highest BCUT2D eigenvalue weighted by Gasteiger charge is 2.12. The van der Waals surface area contributed by atoms with Gasteiger partial charge in [0, 0.05) is 7.11 Å². The van der Waals surface area contributed by atoms with Gasteiger partial charge in [-0.2, -0.15) is 0 Å². The van der Waals surface area contributed by atoms with E-state index in [1.54, 1.807) is 7.11 Å². The van der Waals surface area contributed by atoms with Gasteiger partial charge in [-0.3, -0.25) is 0 Å². The Hall–Kier alpha value is -1.14. The van der Waals surface area contributed by atoms with Crippen LogP contribution in [0.4, 0.5) is 5.13 Å². The maximum Gasteiger partial charge on any atom is 0.349 e. The average molecular weight is 244 g/mol. The molecule has 90 valence electrons. The van der Waals surface area contributed by atoms with Gasteiger partial charge >= 0.3 is 5.97 Å². The molecule has 1 aromatic heterocycles. The summed E-state index contributed by atoms with van der Waals surface area (Å²) >= 11 is 1.28. The highest BCUT2D eigenvalue weighted by Crippen LogP contribution is 2.20. The maximum absolute atomic E-state index is 11.2. The molecule has 16 heavy (non-hydrogen) atoms. The van der Waals surface area contributed by atoms with Crippen LogP contribution in [-0.4, -0.2) is 37.8 Å². The molecular weight excluding hydrogens is 228 g/mol. The van der Waals surface area contributed by atoms with Crippen molar-refractivity contribution in [1.29, 1.82) is 0 Å². The number of methoxy groups -OCH3 is 2. The van der Waals surface area contributed by atoms with Crippen molar-refractivity contribution < 1.29 is 14.3 Å². The Kier molecular flexibility index (Phi) is 5.21. The van der Waals surface area contributed by atoms with Crippen LogP contribution in [0.5, 0.6) is 0 Å². The molecule has 0 saturated carbocycles. The van der Waals surface area contributed by atoms with E-state index in [9.17, 15) is 4.79 Å². The molecule has 1 unspecified atom stereocenters. The first-order valence-corrected chi connectivity index (χ1v) is 5.82. The van der Waals surface area contributed by atoms with Crippen LogP contribution in [0, 0.1) is 0 Å². The number of anilines is 1. The minimum absolute atomic E-state index is 0.210. The first-order valence-electron chi connectivity index (χ1n) is 5.00. The Labute approximate surface area is 98.8 Å². The molecule has 1 rings (SSSR count). The summed E-state index contributed by atoms with van der Waals surface area (Å²) in [6.07, 6.45) is 2.44. The molecule has 0 aromatic carbocycles. The lowest BCUT2D eigenvalue weighted by molar-refractivity contribution is 0.0606. The lowest BCUT2D eigenvalue weighted by Gasteiger charge is -2.14. The molecule has 1 aromatic rings. The molecule has 0 spiro atoms. The summed E-state index contributed by atoms with van der Waals surface area (Å²) in [6.45, 7) is 2.68. The number of nitrogens with zero attached hydrogens (tertiary/aromatic N) is 1. The van der Waals surface area contributed by atoms with Crippen LogP contribution >= 0.6 is 11.3 Å². The van der Waals surface area contributed by atoms with E-state index in [0.717, 1.165) is 6.42 Å². The van der Waals surface area contributed by atoms with Crippen molar-refractivity contribution in [3.05, 3.63) is 11.1 Å². The molecule has 0 radical (unpaired) electrons. The summed E-state index contributed by atoms with van der Waals surface area (Å²) in [6, 6.07) is 0.210. The van der Waals surface area contributed by atoms with Gasteiger partial charge in [0.2, 0.25) is 0 Å². The Morgan fingerprint density at radius 3 is 2.94 bits per heavy atom. The van der Waals surface area contributed by atoms with Gasteiger partial charge in [0.15, 0.2) is 5.13 Å². The molecule has 1 N–H and O–H groups in total. The van der Waals surface area contributed by atoms with Crippen LogP contribution < -0.4 is 5.32 Å². The van der Waals surface area contributed by atoms with E-state index in [1.807, 2.05) is 0 Å². The molecular formula is C10H16N2O3S. The van der Waals surface area contributed by atoms with Gasteiger partial charge < -0.3 is 14.8 Å². The van der Waals surface area contributed by atoms with Gasteiger partial charge in [0.05, 0.1) is 26.0 Å². The first kappa shape index (κ1) is 12.9. The lowest BCUT2D eigenvalue weighted by Crippen LogP contribution is -2.23. The second kappa shape index (κ2) is 6.44. The number of hydrogen-bond acceptors (Lipinski definition) is 6. The minimum Gasteiger partial charge on any atom is -0.465 e. The van der Waals surface area contributed by atoms with Crippen molar-refractivity contribution in [1.82, 2.24) is 4.98 Å². The summed E-state index contributed by atoms with van der Waals surface area (Å²) in [5.74, 6) is -0.356. The summed E-state index contributed by atoms with van der Waals surface area (Å²) in [5, 5.41) is 3.92. The van der Waals surface area contributed by atoms with Gasteiger partial charge in [0.1, 0.15) is 4.88 Å². The number of aromatic nitrogens is 1. The number of ether oxygens (including phenoxy) is 2. The molecule has 0 fully saturated rings. The SMILES string of the molecule is CCC(COC)Nc1ncc(C(=O)OC)s1. The third-order valence-corrected chi connectivity index (χ3v) is 2.99.